The molecule has 0 aliphatic carbocycles. The van der Waals surface area contributed by atoms with Gasteiger partial charge in [0.1, 0.15) is 5.82 Å². The number of nitrogens with two attached hydrogens (primary N) is 1. The van der Waals surface area contributed by atoms with E-state index in [1.807, 2.05) is 0 Å². The highest BCUT2D eigenvalue weighted by Crippen LogP contribution is 2.41. The number of aromatic nitrogens is 4. The van der Waals surface area contributed by atoms with Crippen LogP contribution in [0.5, 0.6) is 0 Å². The number of hydrogen-bond donors (Lipinski definition) is 2. The van der Waals surface area contributed by atoms with E-state index in [0.717, 1.165) is 68.5 Å². The van der Waals surface area contributed by atoms with Crippen molar-refractivity contribution < 1.29 is 4.74 Å². The molecule has 0 saturated carbocycles. The molecule has 10 heteroatoms. The lowest BCUT2D eigenvalue weighted by atomic mass is 9.89. The van der Waals surface area contributed by atoms with E-state index in [1.165, 1.54) is 5.56 Å². The Morgan fingerprint density at radius 3 is 2.61 bits per heavy atom. The van der Waals surface area contributed by atoms with E-state index in [2.05, 4.69) is 38.9 Å². The molecule has 0 amide bonds. The zero-order chi connectivity index (χ0) is 20.7. The van der Waals surface area contributed by atoms with Gasteiger partial charge in [-0.15, -0.1) is 12.4 Å². The van der Waals surface area contributed by atoms with Crippen molar-refractivity contribution in [3.8, 4) is 11.3 Å². The van der Waals surface area contributed by atoms with Crippen LogP contribution < -0.4 is 20.9 Å². The minimum Gasteiger partial charge on any atom is -0.377 e. The summed E-state index contributed by atoms with van der Waals surface area (Å²) in [5, 5.41) is 3.49. The van der Waals surface area contributed by atoms with Crippen LogP contribution in [0.2, 0.25) is 0 Å². The third kappa shape index (κ3) is 4.02. The van der Waals surface area contributed by atoms with E-state index in [-0.39, 0.29) is 29.9 Å². The Hall–Kier alpha value is -2.23. The molecule has 2 fully saturated rings. The number of nitrogens with one attached hydrogen (secondary N) is 1. The highest BCUT2D eigenvalue weighted by molar-refractivity contribution is 5.85. The van der Waals surface area contributed by atoms with Gasteiger partial charge in [-0.25, -0.2) is 15.0 Å². The molecule has 0 aromatic carbocycles. The first kappa shape index (κ1) is 22.0. The Labute approximate surface area is 189 Å². The van der Waals surface area contributed by atoms with Crippen molar-refractivity contribution >= 4 is 30.1 Å². The molecule has 0 bridgehead atoms. The first-order valence-corrected chi connectivity index (χ1v) is 10.9. The van der Waals surface area contributed by atoms with Crippen LogP contribution in [-0.2, 0) is 11.2 Å². The molecule has 0 spiro atoms. The lowest BCUT2D eigenvalue weighted by molar-refractivity contribution is 0.0981. The Bertz CT molecular complexity index is 918. The Balaban J connectivity index is 0.00000231. The molecule has 1 atom stereocenters. The lowest BCUT2D eigenvalue weighted by Gasteiger charge is -2.43. The second-order valence-corrected chi connectivity index (χ2v) is 8.77. The van der Waals surface area contributed by atoms with Crippen LogP contribution in [0, 0.1) is 0 Å². The summed E-state index contributed by atoms with van der Waals surface area (Å²) in [6.45, 7) is 9.75. The van der Waals surface area contributed by atoms with Crippen LogP contribution in [0.1, 0.15) is 32.3 Å². The molecule has 9 nitrogen and oxygen atoms in total. The van der Waals surface area contributed by atoms with Gasteiger partial charge in [0, 0.05) is 42.1 Å². The highest BCUT2D eigenvalue weighted by atomic mass is 35.5. The standard InChI is InChI=1S/C21H30N8O.ClH/c1-14-13-30-10-9-28(14)20-26-17(15-11-24-19(22)25-12-15)16-3-8-29(18(16)27-20)21(2)4-6-23-7-5-21;/h11-12,14,23H,3-10,13H2,1-2H3,(H2,22,24,25);1H/t14-;/m0./s1. The number of rotatable bonds is 3. The fourth-order valence-electron chi connectivity index (χ4n) is 4.86. The molecule has 168 valence electrons. The van der Waals surface area contributed by atoms with Crippen molar-refractivity contribution in [3.63, 3.8) is 0 Å². The average molecular weight is 447 g/mol. The number of fused-ring (bicyclic) bond motifs is 1. The lowest BCUT2D eigenvalue weighted by Crippen LogP contribution is -2.52. The van der Waals surface area contributed by atoms with Crippen LogP contribution in [0.15, 0.2) is 12.4 Å². The smallest absolute Gasteiger partial charge is 0.228 e. The predicted octanol–water partition coefficient (Wildman–Crippen LogP) is 1.67. The first-order chi connectivity index (χ1) is 14.5. The summed E-state index contributed by atoms with van der Waals surface area (Å²) in [5.74, 6) is 2.10. The maximum Gasteiger partial charge on any atom is 0.228 e. The summed E-state index contributed by atoms with van der Waals surface area (Å²) in [6.07, 6.45) is 6.69. The molecule has 3 N–H and O–H groups in total. The maximum absolute atomic E-state index is 5.73. The van der Waals surface area contributed by atoms with E-state index >= 15 is 0 Å². The zero-order valence-electron chi connectivity index (χ0n) is 18.2. The summed E-state index contributed by atoms with van der Waals surface area (Å²) >= 11 is 0. The van der Waals surface area contributed by atoms with E-state index in [4.69, 9.17) is 20.4 Å². The fourth-order valence-corrected chi connectivity index (χ4v) is 4.86. The predicted molar refractivity (Wildman–Crippen MR) is 124 cm³/mol. The van der Waals surface area contributed by atoms with Gasteiger partial charge in [0.2, 0.25) is 11.9 Å². The monoisotopic (exact) mass is 446 g/mol. The van der Waals surface area contributed by atoms with Crippen LogP contribution in [-0.4, -0.2) is 70.9 Å². The number of morpholine rings is 1. The van der Waals surface area contributed by atoms with Crippen molar-refractivity contribution in [2.45, 2.75) is 44.7 Å². The van der Waals surface area contributed by atoms with E-state index in [1.54, 1.807) is 12.4 Å². The third-order valence-corrected chi connectivity index (χ3v) is 6.72. The number of nitrogen functional groups attached to an aromatic ring is 1. The fraction of sp³-hybridized carbons (Fsp3) is 0.619. The van der Waals surface area contributed by atoms with Crippen LogP contribution in [0.4, 0.5) is 17.7 Å². The molecule has 31 heavy (non-hydrogen) atoms. The largest absolute Gasteiger partial charge is 0.377 e. The summed E-state index contributed by atoms with van der Waals surface area (Å²) < 4.78 is 5.64. The number of piperidine rings is 1. The quantitative estimate of drug-likeness (QED) is 0.728. The summed E-state index contributed by atoms with van der Waals surface area (Å²) in [4.78, 5) is 23.3. The molecule has 2 aromatic rings. The molecule has 2 aromatic heterocycles. The van der Waals surface area contributed by atoms with Gasteiger partial charge in [-0.05, 0) is 46.2 Å². The minimum atomic E-state index is 0. The normalized spacial score (nSPS) is 22.7. The van der Waals surface area contributed by atoms with E-state index < -0.39 is 0 Å². The Morgan fingerprint density at radius 1 is 1.16 bits per heavy atom. The number of anilines is 3. The van der Waals surface area contributed by atoms with Gasteiger partial charge in [0.05, 0.1) is 24.9 Å². The minimum absolute atomic E-state index is 0. The maximum atomic E-state index is 5.73. The number of hydrogen-bond acceptors (Lipinski definition) is 9. The topological polar surface area (TPSA) is 105 Å². The SMILES string of the molecule is C[C@H]1COCCN1c1nc(-c2cnc(N)nc2)c2c(n1)N(C1(C)CCNCC1)CC2.Cl. The summed E-state index contributed by atoms with van der Waals surface area (Å²) in [7, 11) is 0. The number of nitrogens with zero attached hydrogens (tertiary/aromatic N) is 6. The van der Waals surface area contributed by atoms with E-state index in [9.17, 15) is 0 Å². The van der Waals surface area contributed by atoms with Crippen LogP contribution >= 0.6 is 12.4 Å². The summed E-state index contributed by atoms with van der Waals surface area (Å²) in [6, 6.07) is 0.233. The van der Waals surface area contributed by atoms with Crippen molar-refractivity contribution in [1.82, 2.24) is 25.3 Å². The zero-order valence-corrected chi connectivity index (χ0v) is 19.0. The van der Waals surface area contributed by atoms with Crippen molar-refractivity contribution in [2.75, 3.05) is 54.9 Å². The van der Waals surface area contributed by atoms with Crippen molar-refractivity contribution in [2.24, 2.45) is 0 Å². The second kappa shape index (κ2) is 8.72. The van der Waals surface area contributed by atoms with Gasteiger partial charge in [-0.3, -0.25) is 0 Å². The average Bonchev–Trinajstić information content (AvgIpc) is 3.20. The Kier molecular flexibility index (Phi) is 6.18. The van der Waals surface area contributed by atoms with Crippen molar-refractivity contribution in [1.29, 1.82) is 0 Å². The third-order valence-electron chi connectivity index (χ3n) is 6.72. The number of ether oxygens (including phenoxy) is 1. The van der Waals surface area contributed by atoms with Crippen molar-refractivity contribution in [3.05, 3.63) is 18.0 Å². The second-order valence-electron chi connectivity index (χ2n) is 8.77. The van der Waals surface area contributed by atoms with E-state index in [0.29, 0.717) is 13.2 Å². The molecule has 5 heterocycles. The highest BCUT2D eigenvalue weighted by Gasteiger charge is 2.40. The molecular formula is C21H31ClN8O. The van der Waals surface area contributed by atoms with Gasteiger partial charge in [0.25, 0.3) is 0 Å². The molecule has 3 aliphatic rings. The molecule has 3 aliphatic heterocycles. The van der Waals surface area contributed by atoms with Gasteiger partial charge >= 0.3 is 0 Å². The molecule has 0 unspecified atom stereocenters. The Morgan fingerprint density at radius 2 is 1.90 bits per heavy atom. The van der Waals surface area contributed by atoms with Gasteiger partial charge in [0.15, 0.2) is 0 Å². The van der Waals surface area contributed by atoms with Gasteiger partial charge in [-0.1, -0.05) is 0 Å². The first-order valence-electron chi connectivity index (χ1n) is 10.9. The van der Waals surface area contributed by atoms with Gasteiger partial charge < -0.3 is 25.6 Å². The summed E-state index contributed by atoms with van der Waals surface area (Å²) in [5.41, 5.74) is 8.84. The molecule has 5 rings (SSSR count). The van der Waals surface area contributed by atoms with Crippen LogP contribution in [0.25, 0.3) is 11.3 Å². The molecule has 0 radical (unpaired) electrons. The molecular weight excluding hydrogens is 416 g/mol. The van der Waals surface area contributed by atoms with Gasteiger partial charge in [-0.2, -0.15) is 4.98 Å². The number of halogens is 1. The van der Waals surface area contributed by atoms with Crippen LogP contribution in [0.3, 0.4) is 0 Å². The molecule has 2 saturated heterocycles.